The van der Waals surface area contributed by atoms with Gasteiger partial charge in [-0.3, -0.25) is 0 Å². The number of morpholine rings is 1. The van der Waals surface area contributed by atoms with Gasteiger partial charge in [-0.25, -0.2) is 0 Å². The second-order valence-corrected chi connectivity index (χ2v) is 7.65. The van der Waals surface area contributed by atoms with Gasteiger partial charge in [0.25, 0.3) is 0 Å². The second-order valence-electron chi connectivity index (χ2n) is 6.73. The van der Waals surface area contributed by atoms with Crippen LogP contribution in [-0.2, 0) is 4.74 Å². The molecule has 1 saturated heterocycles. The predicted octanol–water partition coefficient (Wildman–Crippen LogP) is 3.67. The van der Waals surface area contributed by atoms with Crippen LogP contribution in [0.5, 0.6) is 0 Å². The number of nitrogens with one attached hydrogen (secondary N) is 2. The van der Waals surface area contributed by atoms with Crippen LogP contribution in [0.25, 0.3) is 10.8 Å². The largest absolute Gasteiger partial charge is 0.408 e. The maximum absolute atomic E-state index is 5.53. The Balaban J connectivity index is 1.58. The summed E-state index contributed by atoms with van der Waals surface area (Å²) in [5.74, 6) is 0. The van der Waals surface area contributed by atoms with E-state index in [2.05, 4.69) is 85.9 Å². The van der Waals surface area contributed by atoms with Crippen LogP contribution in [0, 0.1) is 0 Å². The quantitative estimate of drug-likeness (QED) is 0.635. The molecule has 0 spiro atoms. The molecule has 0 amide bonds. The predicted molar refractivity (Wildman–Crippen MR) is 114 cm³/mol. The molecule has 0 unspecified atom stereocenters. The summed E-state index contributed by atoms with van der Waals surface area (Å²) in [6, 6.07) is 19.4. The van der Waals surface area contributed by atoms with Gasteiger partial charge in [-0.2, -0.15) is 0 Å². The smallest absolute Gasteiger partial charge is 0.405 e. The molecule has 4 nitrogen and oxygen atoms in total. The molecule has 2 heterocycles. The molecule has 2 aliphatic rings. The third-order valence-electron chi connectivity index (χ3n) is 5.16. The summed E-state index contributed by atoms with van der Waals surface area (Å²) in [6.07, 6.45) is 0. The third kappa shape index (κ3) is 2.74. The van der Waals surface area contributed by atoms with Crippen molar-refractivity contribution in [2.24, 2.45) is 0 Å². The molecule has 0 aromatic heterocycles. The SMILES string of the molecule is Brc1ccc(N2CCOCC2)c(B2Nc3cccc4cccc(c34)N2)c1. The van der Waals surface area contributed by atoms with E-state index < -0.39 is 0 Å². The van der Waals surface area contributed by atoms with Crippen LogP contribution >= 0.6 is 15.9 Å². The van der Waals surface area contributed by atoms with E-state index in [0.29, 0.717) is 0 Å². The first kappa shape index (κ1) is 16.0. The summed E-state index contributed by atoms with van der Waals surface area (Å²) in [7, 11) is 0. The van der Waals surface area contributed by atoms with Crippen molar-refractivity contribution < 1.29 is 4.74 Å². The minimum atomic E-state index is 0.0193. The van der Waals surface area contributed by atoms with E-state index in [4.69, 9.17) is 4.74 Å². The Bertz CT molecular complexity index is 934. The zero-order valence-electron chi connectivity index (χ0n) is 14.3. The Morgan fingerprint density at radius 1 is 0.923 bits per heavy atom. The fourth-order valence-electron chi connectivity index (χ4n) is 3.93. The standard InChI is InChI=1S/C20H19BBrN3O/c22-15-7-8-19(25-9-11-26-12-10-25)16(13-15)21-23-17-5-1-3-14-4-2-6-18(24-21)20(14)17/h1-8,13,23-24H,9-12H2. The molecule has 130 valence electrons. The fourth-order valence-corrected chi connectivity index (χ4v) is 4.31. The highest BCUT2D eigenvalue weighted by Gasteiger charge is 2.29. The highest BCUT2D eigenvalue weighted by atomic mass is 79.9. The third-order valence-corrected chi connectivity index (χ3v) is 5.65. The molecular weight excluding hydrogens is 389 g/mol. The molecule has 0 atom stereocenters. The molecule has 3 aromatic carbocycles. The van der Waals surface area contributed by atoms with Crippen molar-refractivity contribution in [2.75, 3.05) is 41.7 Å². The van der Waals surface area contributed by atoms with E-state index in [1.165, 1.54) is 33.3 Å². The van der Waals surface area contributed by atoms with E-state index >= 15 is 0 Å². The number of anilines is 3. The fraction of sp³-hybridized carbons (Fsp3) is 0.200. The number of nitrogens with zero attached hydrogens (tertiary/aromatic N) is 1. The van der Waals surface area contributed by atoms with Crippen LogP contribution < -0.4 is 20.8 Å². The van der Waals surface area contributed by atoms with Crippen LogP contribution in [-0.4, -0.2) is 33.3 Å². The Morgan fingerprint density at radius 2 is 1.62 bits per heavy atom. The number of rotatable bonds is 2. The van der Waals surface area contributed by atoms with Crippen LogP contribution in [0.4, 0.5) is 17.1 Å². The van der Waals surface area contributed by atoms with Crippen LogP contribution in [0.1, 0.15) is 0 Å². The molecule has 3 aromatic rings. The van der Waals surface area contributed by atoms with Crippen LogP contribution in [0.3, 0.4) is 0 Å². The molecule has 2 aliphatic heterocycles. The average Bonchev–Trinajstić information content (AvgIpc) is 2.69. The van der Waals surface area contributed by atoms with Gasteiger partial charge in [0, 0.05) is 40.0 Å². The molecule has 6 heteroatoms. The van der Waals surface area contributed by atoms with Gasteiger partial charge in [0.1, 0.15) is 0 Å². The van der Waals surface area contributed by atoms with E-state index in [1.54, 1.807) is 0 Å². The lowest BCUT2D eigenvalue weighted by atomic mass is 9.65. The summed E-state index contributed by atoms with van der Waals surface area (Å²) in [4.78, 5) is 2.41. The van der Waals surface area contributed by atoms with Gasteiger partial charge >= 0.3 is 6.98 Å². The van der Waals surface area contributed by atoms with E-state index in [9.17, 15) is 0 Å². The molecule has 2 N–H and O–H groups in total. The molecular formula is C20H19BBrN3O. The van der Waals surface area contributed by atoms with Gasteiger partial charge < -0.3 is 20.1 Å². The monoisotopic (exact) mass is 407 g/mol. The molecule has 0 saturated carbocycles. The van der Waals surface area contributed by atoms with Gasteiger partial charge in [-0.05, 0) is 41.2 Å². The van der Waals surface area contributed by atoms with Crippen molar-refractivity contribution in [1.29, 1.82) is 0 Å². The average molecular weight is 408 g/mol. The van der Waals surface area contributed by atoms with Crippen molar-refractivity contribution in [3.8, 4) is 0 Å². The number of ether oxygens (including phenoxy) is 1. The first-order valence-electron chi connectivity index (χ1n) is 8.96. The van der Waals surface area contributed by atoms with Gasteiger partial charge in [-0.15, -0.1) is 0 Å². The lowest BCUT2D eigenvalue weighted by Gasteiger charge is -2.34. The first-order valence-corrected chi connectivity index (χ1v) is 9.76. The van der Waals surface area contributed by atoms with Crippen molar-refractivity contribution in [3.63, 3.8) is 0 Å². The number of hydrogen-bond acceptors (Lipinski definition) is 4. The summed E-state index contributed by atoms with van der Waals surface area (Å²) >= 11 is 3.65. The van der Waals surface area contributed by atoms with E-state index in [0.717, 1.165) is 30.8 Å². The van der Waals surface area contributed by atoms with Crippen molar-refractivity contribution in [3.05, 3.63) is 59.1 Å². The van der Waals surface area contributed by atoms with Crippen molar-refractivity contribution in [1.82, 2.24) is 0 Å². The minimum Gasteiger partial charge on any atom is -0.405 e. The molecule has 5 rings (SSSR count). The van der Waals surface area contributed by atoms with Gasteiger partial charge in [-0.1, -0.05) is 40.2 Å². The van der Waals surface area contributed by atoms with Gasteiger partial charge in [0.05, 0.1) is 13.2 Å². The Hall–Kier alpha value is -2.18. The van der Waals surface area contributed by atoms with Crippen molar-refractivity contribution >= 4 is 56.2 Å². The van der Waals surface area contributed by atoms with Crippen LogP contribution in [0.2, 0.25) is 0 Å². The van der Waals surface area contributed by atoms with E-state index in [-0.39, 0.29) is 6.98 Å². The summed E-state index contributed by atoms with van der Waals surface area (Å²) in [6.45, 7) is 3.43. The zero-order chi connectivity index (χ0) is 17.5. The second kappa shape index (κ2) is 6.52. The maximum atomic E-state index is 5.53. The first-order chi connectivity index (χ1) is 12.8. The minimum absolute atomic E-state index is 0.0193. The Labute approximate surface area is 161 Å². The number of benzene rings is 3. The summed E-state index contributed by atoms with van der Waals surface area (Å²) in [5.41, 5.74) is 4.85. The molecule has 0 bridgehead atoms. The number of halogens is 1. The highest BCUT2D eigenvalue weighted by molar-refractivity contribution is 9.10. The van der Waals surface area contributed by atoms with E-state index in [1.807, 2.05) is 0 Å². The molecule has 1 fully saturated rings. The Kier molecular flexibility index (Phi) is 4.02. The molecule has 0 radical (unpaired) electrons. The molecule has 0 aliphatic carbocycles. The maximum Gasteiger partial charge on any atom is 0.408 e. The lowest BCUT2D eigenvalue weighted by molar-refractivity contribution is 0.123. The Morgan fingerprint density at radius 3 is 2.31 bits per heavy atom. The van der Waals surface area contributed by atoms with Gasteiger partial charge in [0.15, 0.2) is 0 Å². The van der Waals surface area contributed by atoms with Crippen LogP contribution in [0.15, 0.2) is 59.1 Å². The summed E-state index contributed by atoms with van der Waals surface area (Å²) < 4.78 is 6.62. The summed E-state index contributed by atoms with van der Waals surface area (Å²) in [5, 5.41) is 9.90. The van der Waals surface area contributed by atoms with Crippen molar-refractivity contribution in [2.45, 2.75) is 0 Å². The lowest BCUT2D eigenvalue weighted by Crippen LogP contribution is -2.51. The number of hydrogen-bond donors (Lipinski definition) is 2. The molecule has 26 heavy (non-hydrogen) atoms. The normalized spacial score (nSPS) is 16.3. The van der Waals surface area contributed by atoms with Gasteiger partial charge in [0.2, 0.25) is 0 Å². The highest BCUT2D eigenvalue weighted by Crippen LogP contribution is 2.34. The topological polar surface area (TPSA) is 36.5 Å². The zero-order valence-corrected chi connectivity index (χ0v) is 15.9.